The normalized spacial score (nSPS) is 20.6. The summed E-state index contributed by atoms with van der Waals surface area (Å²) in [5.74, 6) is 2.61. The zero-order chi connectivity index (χ0) is 13.8. The van der Waals surface area contributed by atoms with E-state index in [0.717, 1.165) is 24.0 Å². The fraction of sp³-hybridized carbons (Fsp3) is 0.647. The van der Waals surface area contributed by atoms with Crippen LogP contribution in [0, 0.1) is 5.92 Å². The van der Waals surface area contributed by atoms with Crippen LogP contribution < -0.4 is 14.8 Å². The molecule has 1 saturated carbocycles. The van der Waals surface area contributed by atoms with Crippen LogP contribution in [0.15, 0.2) is 18.2 Å². The molecule has 1 aliphatic heterocycles. The van der Waals surface area contributed by atoms with Crippen LogP contribution in [0.5, 0.6) is 11.5 Å². The Morgan fingerprint density at radius 3 is 2.65 bits per heavy atom. The Balaban J connectivity index is 1.55. The average molecular weight is 275 g/mol. The molecule has 1 fully saturated rings. The van der Waals surface area contributed by atoms with Crippen molar-refractivity contribution in [2.45, 2.75) is 51.6 Å². The van der Waals surface area contributed by atoms with Crippen LogP contribution >= 0.6 is 0 Å². The van der Waals surface area contributed by atoms with Crippen molar-refractivity contribution in [2.75, 3.05) is 13.2 Å². The Morgan fingerprint density at radius 2 is 1.85 bits per heavy atom. The van der Waals surface area contributed by atoms with Crippen molar-refractivity contribution in [3.63, 3.8) is 0 Å². The third-order valence-corrected chi connectivity index (χ3v) is 4.59. The highest BCUT2D eigenvalue weighted by Gasteiger charge is 2.19. The summed E-state index contributed by atoms with van der Waals surface area (Å²) in [6.07, 6.45) is 7.00. The zero-order valence-corrected chi connectivity index (χ0v) is 12.4. The second-order valence-electron chi connectivity index (χ2n) is 6.05. The molecule has 0 bridgehead atoms. The van der Waals surface area contributed by atoms with Gasteiger partial charge < -0.3 is 14.8 Å². The van der Waals surface area contributed by atoms with Gasteiger partial charge in [0, 0.05) is 12.6 Å². The van der Waals surface area contributed by atoms with Crippen LogP contribution in [0.4, 0.5) is 0 Å². The molecule has 1 unspecified atom stereocenters. The van der Waals surface area contributed by atoms with Gasteiger partial charge >= 0.3 is 0 Å². The van der Waals surface area contributed by atoms with Crippen LogP contribution in [0.1, 0.15) is 44.6 Å². The maximum Gasteiger partial charge on any atom is 0.161 e. The van der Waals surface area contributed by atoms with E-state index in [0.29, 0.717) is 19.3 Å². The van der Waals surface area contributed by atoms with E-state index in [-0.39, 0.29) is 0 Å². The van der Waals surface area contributed by atoms with Crippen LogP contribution in [-0.4, -0.2) is 19.3 Å². The van der Waals surface area contributed by atoms with Gasteiger partial charge in [-0.3, -0.25) is 0 Å². The minimum atomic E-state index is 0.600. The van der Waals surface area contributed by atoms with Gasteiger partial charge in [0.25, 0.3) is 0 Å². The number of fused-ring (bicyclic) bond motifs is 1. The van der Waals surface area contributed by atoms with Crippen LogP contribution in [0.2, 0.25) is 0 Å². The first-order chi connectivity index (χ1) is 9.83. The second kappa shape index (κ2) is 6.49. The topological polar surface area (TPSA) is 30.5 Å². The van der Waals surface area contributed by atoms with Gasteiger partial charge in [-0.15, -0.1) is 0 Å². The summed E-state index contributed by atoms with van der Waals surface area (Å²) in [6.45, 7) is 4.55. The number of hydrogen-bond acceptors (Lipinski definition) is 3. The SMILES string of the molecule is CC(NCc1ccc2c(c1)OCCO2)C1CCCCC1. The van der Waals surface area contributed by atoms with Gasteiger partial charge in [0.1, 0.15) is 13.2 Å². The zero-order valence-electron chi connectivity index (χ0n) is 12.4. The Bertz CT molecular complexity index is 441. The molecule has 0 spiro atoms. The number of rotatable bonds is 4. The van der Waals surface area contributed by atoms with Gasteiger partial charge in [-0.1, -0.05) is 25.3 Å². The molecule has 1 N–H and O–H groups in total. The molecular weight excluding hydrogens is 250 g/mol. The van der Waals surface area contributed by atoms with Crippen LogP contribution in [0.3, 0.4) is 0 Å². The van der Waals surface area contributed by atoms with Crippen LogP contribution in [0.25, 0.3) is 0 Å². The van der Waals surface area contributed by atoms with Crippen molar-refractivity contribution in [3.05, 3.63) is 23.8 Å². The Labute approximate surface area is 121 Å². The number of ether oxygens (including phenoxy) is 2. The van der Waals surface area contributed by atoms with Gasteiger partial charge in [-0.2, -0.15) is 0 Å². The molecule has 3 rings (SSSR count). The standard InChI is InChI=1S/C17H25NO2/c1-13(15-5-3-2-4-6-15)18-12-14-7-8-16-17(11-14)20-10-9-19-16/h7-8,11,13,15,18H,2-6,9-10,12H2,1H3. The summed E-state index contributed by atoms with van der Waals surface area (Å²) in [5, 5.41) is 3.68. The minimum Gasteiger partial charge on any atom is -0.486 e. The van der Waals surface area contributed by atoms with Crippen molar-refractivity contribution in [3.8, 4) is 11.5 Å². The van der Waals surface area contributed by atoms with Gasteiger partial charge in [0.05, 0.1) is 0 Å². The maximum absolute atomic E-state index is 5.63. The molecule has 3 heteroatoms. The molecule has 0 aromatic heterocycles. The molecule has 1 aromatic carbocycles. The summed E-state index contributed by atoms with van der Waals surface area (Å²) in [7, 11) is 0. The smallest absolute Gasteiger partial charge is 0.161 e. The van der Waals surface area contributed by atoms with Crippen molar-refractivity contribution < 1.29 is 9.47 Å². The summed E-state index contributed by atoms with van der Waals surface area (Å²) >= 11 is 0. The molecule has 110 valence electrons. The monoisotopic (exact) mass is 275 g/mol. The average Bonchev–Trinajstić information content (AvgIpc) is 2.53. The van der Waals surface area contributed by atoms with Crippen molar-refractivity contribution >= 4 is 0 Å². The second-order valence-corrected chi connectivity index (χ2v) is 6.05. The Morgan fingerprint density at radius 1 is 1.10 bits per heavy atom. The first-order valence-corrected chi connectivity index (χ1v) is 7.95. The van der Waals surface area contributed by atoms with Crippen molar-refractivity contribution in [1.29, 1.82) is 0 Å². The highest BCUT2D eigenvalue weighted by Crippen LogP contribution is 2.31. The lowest BCUT2D eigenvalue weighted by Gasteiger charge is -2.28. The largest absolute Gasteiger partial charge is 0.486 e. The van der Waals surface area contributed by atoms with Gasteiger partial charge in [0.2, 0.25) is 0 Å². The molecule has 1 aliphatic carbocycles. The van der Waals surface area contributed by atoms with Gasteiger partial charge in [-0.05, 0) is 43.4 Å². The maximum atomic E-state index is 5.63. The fourth-order valence-corrected chi connectivity index (χ4v) is 3.28. The molecule has 3 nitrogen and oxygen atoms in total. The highest BCUT2D eigenvalue weighted by molar-refractivity contribution is 5.43. The van der Waals surface area contributed by atoms with E-state index in [2.05, 4.69) is 24.4 Å². The molecule has 0 amide bonds. The number of nitrogens with one attached hydrogen (secondary N) is 1. The van der Waals surface area contributed by atoms with E-state index in [9.17, 15) is 0 Å². The summed E-state index contributed by atoms with van der Waals surface area (Å²) in [4.78, 5) is 0. The molecule has 2 aliphatic rings. The lowest BCUT2D eigenvalue weighted by molar-refractivity contribution is 0.171. The lowest BCUT2D eigenvalue weighted by atomic mass is 9.84. The quantitative estimate of drug-likeness (QED) is 0.912. The van der Waals surface area contributed by atoms with Crippen LogP contribution in [-0.2, 0) is 6.54 Å². The minimum absolute atomic E-state index is 0.600. The van der Waals surface area contributed by atoms with Crippen molar-refractivity contribution in [2.24, 2.45) is 5.92 Å². The van der Waals surface area contributed by atoms with Gasteiger partial charge in [0.15, 0.2) is 11.5 Å². The molecule has 1 atom stereocenters. The van der Waals surface area contributed by atoms with Gasteiger partial charge in [-0.25, -0.2) is 0 Å². The van der Waals surface area contributed by atoms with E-state index in [1.54, 1.807) is 0 Å². The molecular formula is C17H25NO2. The first-order valence-electron chi connectivity index (χ1n) is 7.95. The third-order valence-electron chi connectivity index (χ3n) is 4.59. The van der Waals surface area contributed by atoms with Crippen molar-refractivity contribution in [1.82, 2.24) is 5.32 Å². The molecule has 20 heavy (non-hydrogen) atoms. The summed E-state index contributed by atoms with van der Waals surface area (Å²) < 4.78 is 11.2. The predicted octanol–water partition coefficient (Wildman–Crippen LogP) is 3.52. The van der Waals surface area contributed by atoms with E-state index in [4.69, 9.17) is 9.47 Å². The van der Waals surface area contributed by atoms with E-state index in [1.165, 1.54) is 37.7 Å². The number of benzene rings is 1. The Hall–Kier alpha value is -1.22. The Kier molecular flexibility index (Phi) is 4.46. The van der Waals surface area contributed by atoms with E-state index in [1.807, 2.05) is 6.07 Å². The van der Waals surface area contributed by atoms with E-state index < -0.39 is 0 Å². The molecule has 1 heterocycles. The van der Waals surface area contributed by atoms with E-state index >= 15 is 0 Å². The molecule has 0 radical (unpaired) electrons. The first kappa shape index (κ1) is 13.7. The third kappa shape index (κ3) is 3.26. The predicted molar refractivity (Wildman–Crippen MR) is 80.3 cm³/mol. The molecule has 1 aromatic rings. The number of hydrogen-bond donors (Lipinski definition) is 1. The molecule has 0 saturated heterocycles. The highest BCUT2D eigenvalue weighted by atomic mass is 16.6. The fourth-order valence-electron chi connectivity index (χ4n) is 3.28. The lowest BCUT2D eigenvalue weighted by Crippen LogP contribution is -2.34. The summed E-state index contributed by atoms with van der Waals surface area (Å²) in [6, 6.07) is 6.86. The summed E-state index contributed by atoms with van der Waals surface area (Å²) in [5.41, 5.74) is 1.27.